The van der Waals surface area contributed by atoms with Gasteiger partial charge in [0.25, 0.3) is 0 Å². The molecule has 7 heteroatoms. The highest BCUT2D eigenvalue weighted by molar-refractivity contribution is 7.99. The second kappa shape index (κ2) is 7.64. The first kappa shape index (κ1) is 15.3. The van der Waals surface area contributed by atoms with Gasteiger partial charge in [-0.25, -0.2) is 0 Å². The minimum Gasteiger partial charge on any atom is -0.396 e. The summed E-state index contributed by atoms with van der Waals surface area (Å²) in [5.74, 6) is 2.47. The van der Waals surface area contributed by atoms with Crippen LogP contribution >= 0.6 is 11.8 Å². The van der Waals surface area contributed by atoms with Crippen molar-refractivity contribution in [3.8, 4) is 0 Å². The van der Waals surface area contributed by atoms with Crippen molar-refractivity contribution in [2.24, 2.45) is 5.92 Å². The lowest BCUT2D eigenvalue weighted by atomic mass is 10.2. The number of aromatic nitrogens is 3. The number of aliphatic hydroxyl groups excluding tert-OH is 1. The highest BCUT2D eigenvalue weighted by Gasteiger charge is 2.17. The molecule has 112 valence electrons. The molecule has 0 bridgehead atoms. The van der Waals surface area contributed by atoms with Crippen molar-refractivity contribution in [2.75, 3.05) is 42.2 Å². The van der Waals surface area contributed by atoms with E-state index in [1.807, 2.05) is 13.8 Å². The van der Waals surface area contributed by atoms with Crippen molar-refractivity contribution in [1.82, 2.24) is 15.0 Å². The maximum atomic E-state index is 9.09. The first-order valence-electron chi connectivity index (χ1n) is 7.21. The van der Waals surface area contributed by atoms with E-state index < -0.39 is 0 Å². The molecule has 2 N–H and O–H groups in total. The smallest absolute Gasteiger partial charge is 0.231 e. The van der Waals surface area contributed by atoms with Gasteiger partial charge in [0.15, 0.2) is 5.16 Å². The molecular weight excluding hydrogens is 274 g/mol. The first-order valence-corrected chi connectivity index (χ1v) is 8.20. The fourth-order valence-corrected chi connectivity index (χ4v) is 2.81. The van der Waals surface area contributed by atoms with E-state index in [1.54, 1.807) is 11.8 Å². The monoisotopic (exact) mass is 297 g/mol. The van der Waals surface area contributed by atoms with Crippen molar-refractivity contribution in [3.05, 3.63) is 0 Å². The zero-order valence-electron chi connectivity index (χ0n) is 12.2. The molecule has 6 nitrogen and oxygen atoms in total. The zero-order chi connectivity index (χ0) is 14.4. The van der Waals surface area contributed by atoms with Crippen molar-refractivity contribution in [2.45, 2.75) is 31.8 Å². The van der Waals surface area contributed by atoms with Crippen LogP contribution < -0.4 is 10.2 Å². The number of hydrogen-bond acceptors (Lipinski definition) is 7. The molecule has 1 unspecified atom stereocenters. The van der Waals surface area contributed by atoms with Gasteiger partial charge in [0.2, 0.25) is 11.9 Å². The first-order chi connectivity index (χ1) is 9.72. The molecule has 1 aromatic rings. The van der Waals surface area contributed by atoms with Gasteiger partial charge < -0.3 is 15.3 Å². The quantitative estimate of drug-likeness (QED) is 0.741. The summed E-state index contributed by atoms with van der Waals surface area (Å²) in [7, 11) is 0. The SMILES string of the molecule is CCNc1nc(SCC(C)CO)nc(N2CCCC2)n1. The molecule has 0 amide bonds. The Bertz CT molecular complexity index is 425. The Labute approximate surface area is 124 Å². The minimum absolute atomic E-state index is 0.192. The molecule has 1 aromatic heterocycles. The van der Waals surface area contributed by atoms with Crippen LogP contribution in [-0.4, -0.2) is 52.1 Å². The Morgan fingerprint density at radius 1 is 1.30 bits per heavy atom. The van der Waals surface area contributed by atoms with Gasteiger partial charge in [-0.2, -0.15) is 15.0 Å². The molecule has 2 heterocycles. The summed E-state index contributed by atoms with van der Waals surface area (Å²) in [5.41, 5.74) is 0. The standard InChI is InChI=1S/C13H23N5OS/c1-3-14-11-15-12(18-6-4-5-7-18)17-13(16-11)20-9-10(2)8-19/h10,19H,3-9H2,1-2H3,(H,14,15,16,17). The number of hydrogen-bond donors (Lipinski definition) is 2. The predicted molar refractivity (Wildman–Crippen MR) is 82.4 cm³/mol. The molecule has 1 aliphatic rings. The topological polar surface area (TPSA) is 74.2 Å². The average molecular weight is 297 g/mol. The van der Waals surface area contributed by atoms with Gasteiger partial charge >= 0.3 is 0 Å². The van der Waals surface area contributed by atoms with E-state index in [0.29, 0.717) is 5.95 Å². The molecule has 0 aliphatic carbocycles. The van der Waals surface area contributed by atoms with E-state index in [-0.39, 0.29) is 12.5 Å². The summed E-state index contributed by atoms with van der Waals surface area (Å²) < 4.78 is 0. The van der Waals surface area contributed by atoms with Crippen molar-refractivity contribution in [3.63, 3.8) is 0 Å². The largest absolute Gasteiger partial charge is 0.396 e. The van der Waals surface area contributed by atoms with Gasteiger partial charge in [0.1, 0.15) is 0 Å². The fourth-order valence-electron chi connectivity index (χ4n) is 1.98. The van der Waals surface area contributed by atoms with Crippen LogP contribution in [0.5, 0.6) is 0 Å². The lowest BCUT2D eigenvalue weighted by Crippen LogP contribution is -2.22. The van der Waals surface area contributed by atoms with Crippen molar-refractivity contribution >= 4 is 23.7 Å². The Balaban J connectivity index is 2.12. The second-order valence-electron chi connectivity index (χ2n) is 5.06. The Morgan fingerprint density at radius 2 is 2.05 bits per heavy atom. The third kappa shape index (κ3) is 4.21. The fraction of sp³-hybridized carbons (Fsp3) is 0.769. The maximum Gasteiger partial charge on any atom is 0.231 e. The average Bonchev–Trinajstić information content (AvgIpc) is 2.99. The third-order valence-electron chi connectivity index (χ3n) is 3.14. The molecule has 0 radical (unpaired) electrons. The molecule has 1 fully saturated rings. The van der Waals surface area contributed by atoms with E-state index in [0.717, 1.165) is 36.5 Å². The van der Waals surface area contributed by atoms with Crippen LogP contribution in [0.4, 0.5) is 11.9 Å². The van der Waals surface area contributed by atoms with E-state index in [4.69, 9.17) is 5.11 Å². The molecule has 0 saturated carbocycles. The number of anilines is 2. The van der Waals surface area contributed by atoms with Gasteiger partial charge in [-0.1, -0.05) is 18.7 Å². The van der Waals surface area contributed by atoms with Gasteiger partial charge in [-0.05, 0) is 25.7 Å². The molecule has 0 spiro atoms. The van der Waals surface area contributed by atoms with Gasteiger partial charge in [0, 0.05) is 32.0 Å². The Hall–Kier alpha value is -1.08. The summed E-state index contributed by atoms with van der Waals surface area (Å²) in [6, 6.07) is 0. The number of nitrogens with one attached hydrogen (secondary N) is 1. The predicted octanol–water partition coefficient (Wildman–Crippen LogP) is 1.62. The Kier molecular flexibility index (Phi) is 5.85. The van der Waals surface area contributed by atoms with Crippen LogP contribution in [-0.2, 0) is 0 Å². The molecular formula is C13H23N5OS. The summed E-state index contributed by atoms with van der Waals surface area (Å²) in [6.07, 6.45) is 2.40. The van der Waals surface area contributed by atoms with Gasteiger partial charge in [-0.3, -0.25) is 0 Å². The molecule has 1 aliphatic heterocycles. The second-order valence-corrected chi connectivity index (χ2v) is 6.05. The van der Waals surface area contributed by atoms with Crippen LogP contribution in [0.3, 0.4) is 0 Å². The molecule has 1 saturated heterocycles. The maximum absolute atomic E-state index is 9.09. The summed E-state index contributed by atoms with van der Waals surface area (Å²) in [5, 5.41) is 13.0. The van der Waals surface area contributed by atoms with Gasteiger partial charge in [0.05, 0.1) is 0 Å². The van der Waals surface area contributed by atoms with E-state index in [2.05, 4.69) is 25.2 Å². The van der Waals surface area contributed by atoms with Crippen LogP contribution in [0, 0.1) is 5.92 Å². The molecule has 1 atom stereocenters. The highest BCUT2D eigenvalue weighted by Crippen LogP contribution is 2.22. The molecule has 20 heavy (non-hydrogen) atoms. The van der Waals surface area contributed by atoms with E-state index >= 15 is 0 Å². The highest BCUT2D eigenvalue weighted by atomic mass is 32.2. The number of aliphatic hydroxyl groups is 1. The lowest BCUT2D eigenvalue weighted by molar-refractivity contribution is 0.250. The van der Waals surface area contributed by atoms with Crippen LogP contribution in [0.1, 0.15) is 26.7 Å². The van der Waals surface area contributed by atoms with Crippen molar-refractivity contribution < 1.29 is 5.11 Å². The number of rotatable bonds is 7. The molecule has 2 rings (SSSR count). The summed E-state index contributed by atoms with van der Waals surface area (Å²) in [6.45, 7) is 7.07. The number of thioether (sulfide) groups is 1. The van der Waals surface area contributed by atoms with Crippen LogP contribution in [0.15, 0.2) is 5.16 Å². The van der Waals surface area contributed by atoms with Gasteiger partial charge in [-0.15, -0.1) is 0 Å². The lowest BCUT2D eigenvalue weighted by Gasteiger charge is -2.16. The number of nitrogens with zero attached hydrogens (tertiary/aromatic N) is 4. The molecule has 0 aromatic carbocycles. The van der Waals surface area contributed by atoms with Crippen LogP contribution in [0.25, 0.3) is 0 Å². The summed E-state index contributed by atoms with van der Waals surface area (Å²) in [4.78, 5) is 15.7. The summed E-state index contributed by atoms with van der Waals surface area (Å²) >= 11 is 1.58. The normalized spacial score (nSPS) is 16.4. The van der Waals surface area contributed by atoms with Crippen molar-refractivity contribution in [1.29, 1.82) is 0 Å². The third-order valence-corrected chi connectivity index (χ3v) is 4.31. The van der Waals surface area contributed by atoms with E-state index in [1.165, 1.54) is 12.8 Å². The van der Waals surface area contributed by atoms with E-state index in [9.17, 15) is 0 Å². The van der Waals surface area contributed by atoms with Crippen LogP contribution in [0.2, 0.25) is 0 Å². The Morgan fingerprint density at radius 3 is 2.70 bits per heavy atom. The zero-order valence-corrected chi connectivity index (χ0v) is 13.0. The minimum atomic E-state index is 0.192.